The van der Waals surface area contributed by atoms with E-state index in [0.29, 0.717) is 5.56 Å². The number of rotatable bonds is 3. The van der Waals surface area contributed by atoms with Crippen LogP contribution in [-0.2, 0) is 0 Å². The van der Waals surface area contributed by atoms with Crippen LogP contribution in [0, 0.1) is 17.0 Å². The quantitative estimate of drug-likeness (QED) is 0.619. The first-order chi connectivity index (χ1) is 9.02. The number of ether oxygens (including phenoxy) is 1. The maximum Gasteiger partial charge on any atom is 0.345 e. The highest BCUT2D eigenvalue weighted by Crippen LogP contribution is 2.23. The van der Waals surface area contributed by atoms with Crippen LogP contribution in [0.25, 0.3) is 11.5 Å². The fraction of sp³-hybridized carbons (Fsp3) is 0.167. The fourth-order valence-corrected chi connectivity index (χ4v) is 1.53. The molecule has 0 radical (unpaired) electrons. The third-order valence-electron chi connectivity index (χ3n) is 2.52. The summed E-state index contributed by atoms with van der Waals surface area (Å²) >= 11 is 0. The lowest BCUT2D eigenvalue weighted by molar-refractivity contribution is -0.384. The van der Waals surface area contributed by atoms with Crippen molar-refractivity contribution >= 4 is 5.69 Å². The molecule has 0 N–H and O–H groups in total. The molecular weight excluding hydrogens is 252 g/mol. The average molecular weight is 262 g/mol. The molecule has 0 atom stereocenters. The second kappa shape index (κ2) is 4.89. The summed E-state index contributed by atoms with van der Waals surface area (Å²) < 4.78 is 9.96. The van der Waals surface area contributed by atoms with Crippen LogP contribution in [0.2, 0.25) is 0 Å². The predicted molar refractivity (Wildman–Crippen MR) is 66.2 cm³/mol. The average Bonchev–Trinajstić information content (AvgIpc) is 2.41. The lowest BCUT2D eigenvalue weighted by Gasteiger charge is -2.04. The van der Waals surface area contributed by atoms with Gasteiger partial charge in [-0.15, -0.1) is 0 Å². The topological polar surface area (TPSA) is 95.5 Å². The van der Waals surface area contributed by atoms with Gasteiger partial charge in [0, 0.05) is 17.7 Å². The number of hydrogen-bond donors (Lipinski definition) is 0. The molecule has 7 heteroatoms. The zero-order chi connectivity index (χ0) is 14.0. The first-order valence-corrected chi connectivity index (χ1v) is 5.33. The molecule has 0 fully saturated rings. The van der Waals surface area contributed by atoms with Gasteiger partial charge in [-0.3, -0.25) is 10.1 Å². The summed E-state index contributed by atoms with van der Waals surface area (Å²) in [7, 11) is 1.38. The number of hydrogen-bond acceptors (Lipinski definition) is 6. The van der Waals surface area contributed by atoms with E-state index in [2.05, 4.69) is 4.98 Å². The standard InChI is InChI=1S/C12H10N2O5/c1-7-10(18-2)13-11(19-12(7)15)8-4-3-5-9(6-8)14(16)17/h3-6H,1-2H3. The minimum Gasteiger partial charge on any atom is -0.481 e. The van der Waals surface area contributed by atoms with Gasteiger partial charge in [-0.25, -0.2) is 4.79 Å². The van der Waals surface area contributed by atoms with Gasteiger partial charge in [0.2, 0.25) is 11.8 Å². The van der Waals surface area contributed by atoms with Crippen molar-refractivity contribution < 1.29 is 14.1 Å². The van der Waals surface area contributed by atoms with Crippen molar-refractivity contribution in [2.45, 2.75) is 6.92 Å². The lowest BCUT2D eigenvalue weighted by Crippen LogP contribution is -2.08. The molecule has 19 heavy (non-hydrogen) atoms. The molecule has 0 aliphatic carbocycles. The first kappa shape index (κ1) is 12.7. The number of nitro benzene ring substituents is 1. The van der Waals surface area contributed by atoms with Crippen LogP contribution in [0.4, 0.5) is 5.69 Å². The highest BCUT2D eigenvalue weighted by molar-refractivity contribution is 5.58. The Morgan fingerprint density at radius 2 is 2.16 bits per heavy atom. The summed E-state index contributed by atoms with van der Waals surface area (Å²) in [6, 6.07) is 5.67. The lowest BCUT2D eigenvalue weighted by atomic mass is 10.2. The van der Waals surface area contributed by atoms with Gasteiger partial charge in [0.05, 0.1) is 17.6 Å². The highest BCUT2D eigenvalue weighted by atomic mass is 16.6. The molecule has 0 aliphatic heterocycles. The van der Waals surface area contributed by atoms with Crippen molar-refractivity contribution in [2.24, 2.45) is 0 Å². The third kappa shape index (κ3) is 2.44. The molecule has 0 saturated heterocycles. The van der Waals surface area contributed by atoms with Gasteiger partial charge in [-0.05, 0) is 13.0 Å². The Morgan fingerprint density at radius 3 is 2.79 bits per heavy atom. The smallest absolute Gasteiger partial charge is 0.345 e. The Bertz CT molecular complexity index is 693. The van der Waals surface area contributed by atoms with E-state index in [0.717, 1.165) is 0 Å². The van der Waals surface area contributed by atoms with Gasteiger partial charge < -0.3 is 9.15 Å². The molecule has 0 bridgehead atoms. The maximum atomic E-state index is 11.6. The Hall–Kier alpha value is -2.70. The molecule has 0 aliphatic rings. The summed E-state index contributed by atoms with van der Waals surface area (Å²) in [4.78, 5) is 25.8. The molecular formula is C12H10N2O5. The van der Waals surface area contributed by atoms with Crippen LogP contribution in [0.3, 0.4) is 0 Å². The van der Waals surface area contributed by atoms with Crippen molar-refractivity contribution in [3.05, 3.63) is 50.4 Å². The van der Waals surface area contributed by atoms with Crippen LogP contribution in [0.5, 0.6) is 5.88 Å². The summed E-state index contributed by atoms with van der Waals surface area (Å²) in [6.07, 6.45) is 0. The molecule has 2 rings (SSSR count). The summed E-state index contributed by atoms with van der Waals surface area (Å²) in [6.45, 7) is 1.52. The summed E-state index contributed by atoms with van der Waals surface area (Å²) in [5, 5.41) is 10.7. The number of nitro groups is 1. The highest BCUT2D eigenvalue weighted by Gasteiger charge is 2.14. The number of benzene rings is 1. The number of non-ortho nitro benzene ring substituents is 1. The first-order valence-electron chi connectivity index (χ1n) is 5.33. The zero-order valence-corrected chi connectivity index (χ0v) is 10.2. The minimum atomic E-state index is -0.589. The molecule has 0 saturated carbocycles. The molecule has 0 amide bonds. The Kier molecular flexibility index (Phi) is 3.28. The molecule has 98 valence electrons. The number of nitrogens with zero attached hydrogens (tertiary/aromatic N) is 2. The van der Waals surface area contributed by atoms with E-state index in [1.54, 1.807) is 6.07 Å². The van der Waals surface area contributed by atoms with Crippen LogP contribution in [-0.4, -0.2) is 17.0 Å². The van der Waals surface area contributed by atoms with E-state index < -0.39 is 10.5 Å². The van der Waals surface area contributed by atoms with Crippen molar-refractivity contribution in [3.63, 3.8) is 0 Å². The van der Waals surface area contributed by atoms with Gasteiger partial charge in [0.15, 0.2) is 0 Å². The second-order valence-electron chi connectivity index (χ2n) is 3.75. The number of aromatic nitrogens is 1. The largest absolute Gasteiger partial charge is 0.481 e. The summed E-state index contributed by atoms with van der Waals surface area (Å²) in [5.41, 5.74) is -0.115. The Labute approximate surface area is 107 Å². The van der Waals surface area contributed by atoms with Crippen LogP contribution < -0.4 is 10.4 Å². The molecule has 2 aromatic rings. The maximum absolute atomic E-state index is 11.6. The Balaban J connectivity index is 2.59. The van der Waals surface area contributed by atoms with Crippen molar-refractivity contribution in [2.75, 3.05) is 7.11 Å². The Morgan fingerprint density at radius 1 is 1.42 bits per heavy atom. The predicted octanol–water partition coefficient (Wildman–Crippen LogP) is 1.93. The molecule has 0 spiro atoms. The minimum absolute atomic E-state index is 0.0175. The van der Waals surface area contributed by atoms with Gasteiger partial charge in [-0.2, -0.15) is 4.98 Å². The molecule has 7 nitrogen and oxygen atoms in total. The monoisotopic (exact) mass is 262 g/mol. The SMILES string of the molecule is COc1nc(-c2cccc([N+](=O)[O-])c2)oc(=O)c1C. The summed E-state index contributed by atoms with van der Waals surface area (Å²) in [5.74, 6) is 0.119. The van der Waals surface area contributed by atoms with Gasteiger partial charge in [-0.1, -0.05) is 6.07 Å². The van der Waals surface area contributed by atoms with Crippen LogP contribution in [0.1, 0.15) is 5.56 Å². The number of methoxy groups -OCH3 is 1. The van der Waals surface area contributed by atoms with Crippen molar-refractivity contribution in [3.8, 4) is 17.3 Å². The van der Waals surface area contributed by atoms with Crippen molar-refractivity contribution in [1.29, 1.82) is 0 Å². The van der Waals surface area contributed by atoms with Crippen LogP contribution in [0.15, 0.2) is 33.5 Å². The van der Waals surface area contributed by atoms with Crippen molar-refractivity contribution in [1.82, 2.24) is 4.98 Å². The van der Waals surface area contributed by atoms with Gasteiger partial charge in [0.25, 0.3) is 5.69 Å². The molecule has 1 heterocycles. The van der Waals surface area contributed by atoms with Crippen LogP contribution >= 0.6 is 0 Å². The molecule has 1 aromatic heterocycles. The van der Waals surface area contributed by atoms with E-state index in [-0.39, 0.29) is 23.0 Å². The normalized spacial score (nSPS) is 10.2. The van der Waals surface area contributed by atoms with E-state index in [4.69, 9.17) is 9.15 Å². The van der Waals surface area contributed by atoms with E-state index >= 15 is 0 Å². The van der Waals surface area contributed by atoms with E-state index in [9.17, 15) is 14.9 Å². The van der Waals surface area contributed by atoms with Gasteiger partial charge >= 0.3 is 5.63 Å². The molecule has 0 unspecified atom stereocenters. The fourth-order valence-electron chi connectivity index (χ4n) is 1.53. The molecule has 1 aromatic carbocycles. The van der Waals surface area contributed by atoms with E-state index in [1.807, 2.05) is 0 Å². The third-order valence-corrected chi connectivity index (χ3v) is 2.52. The zero-order valence-electron chi connectivity index (χ0n) is 10.2. The van der Waals surface area contributed by atoms with Gasteiger partial charge in [0.1, 0.15) is 0 Å². The van der Waals surface area contributed by atoms with E-state index in [1.165, 1.54) is 32.2 Å². The second-order valence-corrected chi connectivity index (χ2v) is 3.75.